The Bertz CT molecular complexity index is 949. The fraction of sp³-hybridized carbons (Fsp3) is 0.211. The number of nitrogens with one attached hydrogen (secondary N) is 1. The Hall–Kier alpha value is -2.44. The van der Waals surface area contributed by atoms with Crippen molar-refractivity contribution in [1.29, 1.82) is 0 Å². The molecule has 3 aromatic rings. The van der Waals surface area contributed by atoms with Crippen LogP contribution in [0.5, 0.6) is 5.75 Å². The molecule has 0 spiro atoms. The zero-order valence-electron chi connectivity index (χ0n) is 14.0. The van der Waals surface area contributed by atoms with Crippen LogP contribution in [-0.4, -0.2) is 26.6 Å². The van der Waals surface area contributed by atoms with E-state index in [0.29, 0.717) is 25.3 Å². The van der Waals surface area contributed by atoms with Gasteiger partial charge in [-0.25, -0.2) is 13.1 Å². The minimum Gasteiger partial charge on any atom is -0.491 e. The molecule has 0 saturated heterocycles. The first-order valence-corrected chi connectivity index (χ1v) is 9.57. The normalized spacial score (nSPS) is 11.6. The molecule has 5 nitrogen and oxygen atoms in total. The number of aryl methyl sites for hydroxylation is 1. The van der Waals surface area contributed by atoms with Crippen LogP contribution >= 0.6 is 0 Å². The van der Waals surface area contributed by atoms with E-state index in [4.69, 9.17) is 4.74 Å². The molecular weight excluding hydrogens is 336 g/mol. The van der Waals surface area contributed by atoms with Gasteiger partial charge in [-0.1, -0.05) is 35.9 Å². The number of pyridine rings is 1. The maximum absolute atomic E-state index is 12.2. The SMILES string of the molecule is Cc1ccc(S(=O)(=O)NCCCOc2cccc3cccnc23)cc1. The number of ether oxygens (including phenoxy) is 1. The first kappa shape index (κ1) is 17.4. The Balaban J connectivity index is 1.52. The molecule has 0 unspecified atom stereocenters. The standard InChI is InChI=1S/C19H20N2O3S/c1-15-8-10-17(11-9-15)25(22,23)21-13-4-14-24-18-7-2-5-16-6-3-12-20-19(16)18/h2-3,5-12,21H,4,13-14H2,1H3. The topological polar surface area (TPSA) is 68.3 Å². The number of aromatic nitrogens is 1. The van der Waals surface area contributed by atoms with Crippen LogP contribution in [-0.2, 0) is 10.0 Å². The summed E-state index contributed by atoms with van der Waals surface area (Å²) in [6, 6.07) is 16.4. The van der Waals surface area contributed by atoms with Crippen LogP contribution in [0.2, 0.25) is 0 Å². The molecule has 0 atom stereocenters. The van der Waals surface area contributed by atoms with Gasteiger partial charge < -0.3 is 4.74 Å². The van der Waals surface area contributed by atoms with Crippen LogP contribution in [0.1, 0.15) is 12.0 Å². The summed E-state index contributed by atoms with van der Waals surface area (Å²) in [6.45, 7) is 2.64. The Kier molecular flexibility index (Phi) is 5.31. The van der Waals surface area contributed by atoms with Crippen molar-refractivity contribution in [3.63, 3.8) is 0 Å². The van der Waals surface area contributed by atoms with E-state index < -0.39 is 10.0 Å². The third kappa shape index (κ3) is 4.35. The lowest BCUT2D eigenvalue weighted by atomic mass is 10.2. The molecule has 0 aliphatic heterocycles. The lowest BCUT2D eigenvalue weighted by Gasteiger charge is -2.10. The van der Waals surface area contributed by atoms with Crippen LogP contribution in [0.25, 0.3) is 10.9 Å². The van der Waals surface area contributed by atoms with Gasteiger partial charge in [-0.2, -0.15) is 0 Å². The molecule has 0 radical (unpaired) electrons. The fourth-order valence-corrected chi connectivity index (χ4v) is 3.53. The maximum Gasteiger partial charge on any atom is 0.240 e. The average molecular weight is 356 g/mol. The number of hydrogen-bond donors (Lipinski definition) is 1. The summed E-state index contributed by atoms with van der Waals surface area (Å²) in [6.07, 6.45) is 2.29. The van der Waals surface area contributed by atoms with E-state index in [2.05, 4.69) is 9.71 Å². The molecule has 0 aliphatic rings. The highest BCUT2D eigenvalue weighted by Crippen LogP contribution is 2.22. The number of para-hydroxylation sites is 1. The highest BCUT2D eigenvalue weighted by atomic mass is 32.2. The molecule has 1 heterocycles. The van der Waals surface area contributed by atoms with Gasteiger partial charge in [-0.05, 0) is 37.6 Å². The van der Waals surface area contributed by atoms with Crippen molar-refractivity contribution >= 4 is 20.9 Å². The molecule has 0 aliphatic carbocycles. The summed E-state index contributed by atoms with van der Waals surface area (Å²) in [5, 5.41) is 1.01. The molecule has 25 heavy (non-hydrogen) atoms. The molecule has 130 valence electrons. The predicted octanol–water partition coefficient (Wildman–Crippen LogP) is 3.29. The number of rotatable bonds is 7. The van der Waals surface area contributed by atoms with E-state index in [-0.39, 0.29) is 4.90 Å². The van der Waals surface area contributed by atoms with Crippen molar-refractivity contribution in [2.24, 2.45) is 0 Å². The zero-order chi connectivity index (χ0) is 17.7. The van der Waals surface area contributed by atoms with E-state index in [1.54, 1.807) is 30.5 Å². The van der Waals surface area contributed by atoms with E-state index in [1.165, 1.54) is 0 Å². The molecule has 6 heteroatoms. The van der Waals surface area contributed by atoms with Gasteiger partial charge in [0.2, 0.25) is 10.0 Å². The minimum atomic E-state index is -3.47. The first-order chi connectivity index (χ1) is 12.1. The molecule has 0 saturated carbocycles. The summed E-state index contributed by atoms with van der Waals surface area (Å²) in [5.41, 5.74) is 1.83. The lowest BCUT2D eigenvalue weighted by molar-refractivity contribution is 0.314. The highest BCUT2D eigenvalue weighted by molar-refractivity contribution is 7.89. The molecule has 0 amide bonds. The minimum absolute atomic E-state index is 0.275. The number of nitrogens with zero attached hydrogens (tertiary/aromatic N) is 1. The molecule has 0 bridgehead atoms. The van der Waals surface area contributed by atoms with Crippen LogP contribution in [0, 0.1) is 6.92 Å². The number of fused-ring (bicyclic) bond motifs is 1. The summed E-state index contributed by atoms with van der Waals surface area (Å²) in [7, 11) is -3.47. The number of sulfonamides is 1. The molecule has 0 fully saturated rings. The van der Waals surface area contributed by atoms with Crippen LogP contribution < -0.4 is 9.46 Å². The van der Waals surface area contributed by atoms with Gasteiger partial charge >= 0.3 is 0 Å². The molecule has 1 N–H and O–H groups in total. The second-order valence-corrected chi connectivity index (χ2v) is 7.51. The molecular formula is C19H20N2O3S. The molecule has 1 aromatic heterocycles. The number of benzene rings is 2. The molecule has 2 aromatic carbocycles. The van der Waals surface area contributed by atoms with Gasteiger partial charge in [-0.15, -0.1) is 0 Å². The van der Waals surface area contributed by atoms with Crippen molar-refractivity contribution in [2.45, 2.75) is 18.2 Å². The first-order valence-electron chi connectivity index (χ1n) is 8.09. The van der Waals surface area contributed by atoms with E-state index >= 15 is 0 Å². The third-order valence-electron chi connectivity index (χ3n) is 3.80. The Morgan fingerprint density at radius 3 is 2.60 bits per heavy atom. The largest absolute Gasteiger partial charge is 0.491 e. The van der Waals surface area contributed by atoms with Crippen LogP contribution in [0.4, 0.5) is 0 Å². The number of hydrogen-bond acceptors (Lipinski definition) is 4. The second-order valence-electron chi connectivity index (χ2n) is 5.74. The summed E-state index contributed by atoms with van der Waals surface area (Å²) < 4.78 is 32.7. The van der Waals surface area contributed by atoms with Gasteiger partial charge in [-0.3, -0.25) is 4.98 Å². The monoisotopic (exact) mass is 356 g/mol. The van der Waals surface area contributed by atoms with Gasteiger partial charge in [0.1, 0.15) is 11.3 Å². The Morgan fingerprint density at radius 2 is 1.80 bits per heavy atom. The summed E-state index contributed by atoms with van der Waals surface area (Å²) in [5.74, 6) is 0.708. The highest BCUT2D eigenvalue weighted by Gasteiger charge is 2.12. The van der Waals surface area contributed by atoms with Gasteiger partial charge in [0.25, 0.3) is 0 Å². The summed E-state index contributed by atoms with van der Waals surface area (Å²) >= 11 is 0. The van der Waals surface area contributed by atoms with E-state index in [1.807, 2.05) is 37.3 Å². The van der Waals surface area contributed by atoms with Crippen molar-refractivity contribution < 1.29 is 13.2 Å². The van der Waals surface area contributed by atoms with E-state index in [0.717, 1.165) is 16.5 Å². The predicted molar refractivity (Wildman–Crippen MR) is 98.2 cm³/mol. The Morgan fingerprint density at radius 1 is 1.04 bits per heavy atom. The van der Waals surface area contributed by atoms with E-state index in [9.17, 15) is 8.42 Å². The van der Waals surface area contributed by atoms with Crippen LogP contribution in [0.15, 0.2) is 65.7 Å². The van der Waals surface area contributed by atoms with Crippen molar-refractivity contribution in [3.05, 3.63) is 66.4 Å². The quantitative estimate of drug-likeness (QED) is 0.660. The van der Waals surface area contributed by atoms with Crippen LogP contribution in [0.3, 0.4) is 0 Å². The van der Waals surface area contributed by atoms with Crippen molar-refractivity contribution in [3.8, 4) is 5.75 Å². The summed E-state index contributed by atoms with van der Waals surface area (Å²) in [4.78, 5) is 4.60. The van der Waals surface area contributed by atoms with Crippen molar-refractivity contribution in [1.82, 2.24) is 9.71 Å². The zero-order valence-corrected chi connectivity index (χ0v) is 14.8. The smallest absolute Gasteiger partial charge is 0.240 e. The lowest BCUT2D eigenvalue weighted by Crippen LogP contribution is -2.25. The van der Waals surface area contributed by atoms with Gasteiger partial charge in [0, 0.05) is 18.1 Å². The fourth-order valence-electron chi connectivity index (χ4n) is 2.45. The average Bonchev–Trinajstić information content (AvgIpc) is 2.62. The second kappa shape index (κ2) is 7.63. The molecule has 3 rings (SSSR count). The van der Waals surface area contributed by atoms with Crippen molar-refractivity contribution in [2.75, 3.05) is 13.2 Å². The maximum atomic E-state index is 12.2. The van der Waals surface area contributed by atoms with Gasteiger partial charge in [0.05, 0.1) is 11.5 Å². The Labute approximate surface area is 147 Å². The van der Waals surface area contributed by atoms with Gasteiger partial charge in [0.15, 0.2) is 0 Å². The third-order valence-corrected chi connectivity index (χ3v) is 5.27.